The smallest absolute Gasteiger partial charge is 0.229 e. The molecule has 5 aliphatic carbocycles. The molecule has 5 fully saturated rings. The predicted octanol–water partition coefficient (Wildman–Crippen LogP) is 4.50. The third-order valence-corrected chi connectivity index (χ3v) is 7.86. The van der Waals surface area contributed by atoms with Crippen LogP contribution < -0.4 is 0 Å². The first kappa shape index (κ1) is 14.5. The van der Waals surface area contributed by atoms with E-state index in [2.05, 4.69) is 22.4 Å². The number of carbonyl (C=O) groups is 1. The summed E-state index contributed by atoms with van der Waals surface area (Å²) in [5.41, 5.74) is 0.0484. The summed E-state index contributed by atoms with van der Waals surface area (Å²) < 4.78 is 0. The van der Waals surface area contributed by atoms with Gasteiger partial charge in [0, 0.05) is 17.5 Å². The Labute approximate surface area is 143 Å². The van der Waals surface area contributed by atoms with Crippen molar-refractivity contribution < 1.29 is 4.79 Å². The van der Waals surface area contributed by atoms with Crippen LogP contribution in [-0.2, 0) is 11.2 Å². The second kappa shape index (κ2) is 5.34. The van der Waals surface area contributed by atoms with Gasteiger partial charge in [-0.1, -0.05) is 6.07 Å². The third-order valence-electron chi connectivity index (χ3n) is 6.92. The fraction of sp³-hybridized carbons (Fsp3) is 0.750. The Hall–Kier alpha value is -0.830. The Kier molecular flexibility index (Phi) is 3.37. The first-order valence-electron chi connectivity index (χ1n) is 9.55. The molecule has 1 aromatic rings. The molecule has 0 spiro atoms. The highest BCUT2D eigenvalue weighted by Crippen LogP contribution is 2.60. The minimum Gasteiger partial charge on any atom is -0.339 e. The quantitative estimate of drug-likeness (QED) is 0.779. The normalized spacial score (nSPS) is 38.0. The molecule has 1 aromatic heterocycles. The minimum atomic E-state index is 0.0484. The van der Waals surface area contributed by atoms with Gasteiger partial charge in [0.2, 0.25) is 5.91 Å². The van der Waals surface area contributed by atoms with Gasteiger partial charge in [0.05, 0.1) is 5.41 Å². The van der Waals surface area contributed by atoms with Crippen molar-refractivity contribution in [2.45, 2.75) is 63.8 Å². The van der Waals surface area contributed by atoms with Crippen molar-refractivity contribution in [3.05, 3.63) is 22.4 Å². The molecule has 124 valence electrons. The van der Waals surface area contributed by atoms with Gasteiger partial charge >= 0.3 is 0 Å². The zero-order valence-electron chi connectivity index (χ0n) is 13.9. The molecule has 5 aliphatic rings. The number of hydrogen-bond acceptors (Lipinski definition) is 2. The second-order valence-corrected chi connectivity index (χ2v) is 9.79. The summed E-state index contributed by atoms with van der Waals surface area (Å²) >= 11 is 1.83. The van der Waals surface area contributed by atoms with Gasteiger partial charge in [-0.3, -0.25) is 4.79 Å². The first-order valence-corrected chi connectivity index (χ1v) is 10.4. The van der Waals surface area contributed by atoms with Gasteiger partial charge in [0.25, 0.3) is 0 Å². The molecule has 6 rings (SSSR count). The molecule has 23 heavy (non-hydrogen) atoms. The van der Waals surface area contributed by atoms with E-state index in [4.69, 9.17) is 0 Å². The molecule has 1 heterocycles. The fourth-order valence-electron chi connectivity index (χ4n) is 6.20. The van der Waals surface area contributed by atoms with Gasteiger partial charge in [-0.25, -0.2) is 0 Å². The van der Waals surface area contributed by atoms with Gasteiger partial charge in [-0.15, -0.1) is 11.3 Å². The van der Waals surface area contributed by atoms with Crippen molar-refractivity contribution in [1.29, 1.82) is 0 Å². The summed E-state index contributed by atoms with van der Waals surface area (Å²) in [5, 5.41) is 2.15. The largest absolute Gasteiger partial charge is 0.339 e. The summed E-state index contributed by atoms with van der Waals surface area (Å²) in [7, 11) is 0. The monoisotopic (exact) mass is 329 g/mol. The summed E-state index contributed by atoms with van der Waals surface area (Å²) in [6.45, 7) is 0.950. The lowest BCUT2D eigenvalue weighted by Crippen LogP contribution is -2.55. The molecule has 0 saturated heterocycles. The van der Waals surface area contributed by atoms with E-state index in [-0.39, 0.29) is 5.41 Å². The van der Waals surface area contributed by atoms with Gasteiger partial charge < -0.3 is 4.90 Å². The molecule has 1 amide bonds. The molecule has 0 atom stereocenters. The molecule has 5 saturated carbocycles. The lowest BCUT2D eigenvalue weighted by Gasteiger charge is -2.56. The van der Waals surface area contributed by atoms with Crippen LogP contribution in [0.2, 0.25) is 0 Å². The zero-order chi connectivity index (χ0) is 15.4. The van der Waals surface area contributed by atoms with Crippen molar-refractivity contribution in [2.24, 2.45) is 23.2 Å². The highest BCUT2D eigenvalue weighted by Gasteiger charge is 2.56. The maximum absolute atomic E-state index is 13.6. The average Bonchev–Trinajstić information content (AvgIpc) is 3.21. The maximum atomic E-state index is 13.6. The van der Waals surface area contributed by atoms with E-state index in [9.17, 15) is 4.79 Å². The van der Waals surface area contributed by atoms with Crippen LogP contribution in [0.3, 0.4) is 0 Å². The lowest BCUT2D eigenvalue weighted by atomic mass is 9.49. The van der Waals surface area contributed by atoms with E-state index in [0.717, 1.165) is 30.7 Å². The van der Waals surface area contributed by atoms with Crippen LogP contribution in [0, 0.1) is 23.2 Å². The fourth-order valence-corrected chi connectivity index (χ4v) is 6.90. The molecule has 0 aliphatic heterocycles. The summed E-state index contributed by atoms with van der Waals surface area (Å²) in [6.07, 6.45) is 11.4. The predicted molar refractivity (Wildman–Crippen MR) is 93.4 cm³/mol. The van der Waals surface area contributed by atoms with Crippen molar-refractivity contribution >= 4 is 17.2 Å². The van der Waals surface area contributed by atoms with Gasteiger partial charge in [-0.2, -0.15) is 0 Å². The summed E-state index contributed by atoms with van der Waals surface area (Å²) in [5.74, 6) is 3.14. The molecule has 0 aromatic carbocycles. The molecule has 0 radical (unpaired) electrons. The molecular weight excluding hydrogens is 302 g/mol. The zero-order valence-corrected chi connectivity index (χ0v) is 14.7. The molecule has 2 nitrogen and oxygen atoms in total. The highest BCUT2D eigenvalue weighted by atomic mass is 32.1. The topological polar surface area (TPSA) is 20.3 Å². The van der Waals surface area contributed by atoms with Crippen LogP contribution in [0.15, 0.2) is 17.5 Å². The van der Waals surface area contributed by atoms with Crippen molar-refractivity contribution in [1.82, 2.24) is 4.90 Å². The number of amides is 1. The maximum Gasteiger partial charge on any atom is 0.229 e. The van der Waals surface area contributed by atoms with Gasteiger partial charge in [-0.05, 0) is 87.0 Å². The van der Waals surface area contributed by atoms with Gasteiger partial charge in [0.15, 0.2) is 0 Å². The highest BCUT2D eigenvalue weighted by molar-refractivity contribution is 7.09. The number of thiophene rings is 1. The average molecular weight is 330 g/mol. The summed E-state index contributed by atoms with van der Waals surface area (Å²) in [6, 6.07) is 4.91. The van der Waals surface area contributed by atoms with Crippen LogP contribution in [0.5, 0.6) is 0 Å². The van der Waals surface area contributed by atoms with Crippen molar-refractivity contribution in [3.8, 4) is 0 Å². The van der Waals surface area contributed by atoms with Crippen LogP contribution >= 0.6 is 11.3 Å². The number of hydrogen-bond donors (Lipinski definition) is 0. The van der Waals surface area contributed by atoms with Crippen molar-refractivity contribution in [2.75, 3.05) is 6.54 Å². The molecule has 4 bridgehead atoms. The molecule has 0 unspecified atom stereocenters. The number of nitrogens with zero attached hydrogens (tertiary/aromatic N) is 1. The first-order chi connectivity index (χ1) is 11.2. The Morgan fingerprint density at radius 3 is 2.30 bits per heavy atom. The van der Waals surface area contributed by atoms with E-state index >= 15 is 0 Å². The Morgan fingerprint density at radius 1 is 1.13 bits per heavy atom. The van der Waals surface area contributed by atoms with E-state index in [1.807, 2.05) is 11.3 Å². The van der Waals surface area contributed by atoms with E-state index in [1.54, 1.807) is 0 Å². The SMILES string of the molecule is O=C(N(CCc1cccs1)C1CC1)C12CC3CC(CC(C3)C1)C2. The summed E-state index contributed by atoms with van der Waals surface area (Å²) in [4.78, 5) is 17.3. The Bertz CT molecular complexity index is 554. The minimum absolute atomic E-state index is 0.0484. The van der Waals surface area contributed by atoms with Crippen molar-refractivity contribution in [3.63, 3.8) is 0 Å². The van der Waals surface area contributed by atoms with Crippen LogP contribution in [0.4, 0.5) is 0 Å². The van der Waals surface area contributed by atoms with E-state index < -0.39 is 0 Å². The molecule has 3 heteroatoms. The van der Waals surface area contributed by atoms with Crippen LogP contribution in [0.25, 0.3) is 0 Å². The standard InChI is InChI=1S/C20H27NOS/c22-19(20-11-14-8-15(12-20)10-16(9-14)13-20)21(17-3-4-17)6-5-18-2-1-7-23-18/h1-2,7,14-17H,3-6,8-13H2. The van der Waals surface area contributed by atoms with Crippen LogP contribution in [0.1, 0.15) is 56.2 Å². The third kappa shape index (κ3) is 2.56. The van der Waals surface area contributed by atoms with Gasteiger partial charge in [0.1, 0.15) is 0 Å². The number of carbonyl (C=O) groups excluding carboxylic acids is 1. The molecular formula is C20H27NOS. The second-order valence-electron chi connectivity index (χ2n) is 8.76. The number of rotatable bonds is 5. The van der Waals surface area contributed by atoms with E-state index in [0.29, 0.717) is 11.9 Å². The van der Waals surface area contributed by atoms with Crippen LogP contribution in [-0.4, -0.2) is 23.4 Å². The Morgan fingerprint density at radius 2 is 1.78 bits per heavy atom. The van der Waals surface area contributed by atoms with E-state index in [1.165, 1.54) is 56.2 Å². The lowest BCUT2D eigenvalue weighted by molar-refractivity contribution is -0.158. The Balaban J connectivity index is 1.35. The molecule has 0 N–H and O–H groups in total.